The number of ether oxygens (including phenoxy) is 1. The van der Waals surface area contributed by atoms with Gasteiger partial charge in [0.1, 0.15) is 17.3 Å². The molecule has 0 unspecified atom stereocenters. The number of nitrogens with zero attached hydrogens (tertiary/aromatic N) is 2. The van der Waals surface area contributed by atoms with Crippen molar-refractivity contribution in [1.82, 2.24) is 15.6 Å². The number of amides is 2. The summed E-state index contributed by atoms with van der Waals surface area (Å²) in [7, 11) is 0. The lowest BCUT2D eigenvalue weighted by Crippen LogP contribution is -2.31. The van der Waals surface area contributed by atoms with Gasteiger partial charge in [0.15, 0.2) is 6.61 Å². The van der Waals surface area contributed by atoms with E-state index in [0.717, 1.165) is 37.7 Å². The summed E-state index contributed by atoms with van der Waals surface area (Å²) >= 11 is 5.60. The Morgan fingerprint density at radius 3 is 2.74 bits per heavy atom. The summed E-state index contributed by atoms with van der Waals surface area (Å²) in [6.07, 6.45) is 4.26. The number of carbonyl (C=O) groups excluding carboxylic acids is 2. The Morgan fingerprint density at radius 1 is 1.23 bits per heavy atom. The highest BCUT2D eigenvalue weighted by molar-refractivity contribution is 6.30. The number of aromatic nitrogens is 1. The number of pyridine rings is 1. The van der Waals surface area contributed by atoms with Crippen LogP contribution < -0.4 is 20.3 Å². The molecule has 7 nitrogen and oxygen atoms in total. The van der Waals surface area contributed by atoms with Gasteiger partial charge in [-0.2, -0.15) is 0 Å². The fourth-order valence-electron chi connectivity index (χ4n) is 3.12. The molecule has 2 N–H and O–H groups in total. The molecular weight excluding hydrogens is 423 g/mol. The summed E-state index contributed by atoms with van der Waals surface area (Å²) in [5.41, 5.74) is 1.76. The fraction of sp³-hybridized carbons (Fsp3) is 0.318. The predicted octanol–water partition coefficient (Wildman–Crippen LogP) is 3.30. The molecule has 1 saturated heterocycles. The first-order chi connectivity index (χ1) is 14.9. The maximum Gasteiger partial charge on any atom is 0.274 e. The third kappa shape index (κ3) is 6.68. The summed E-state index contributed by atoms with van der Waals surface area (Å²) in [4.78, 5) is 30.7. The van der Waals surface area contributed by atoms with E-state index in [-0.39, 0.29) is 35.7 Å². The van der Waals surface area contributed by atoms with Gasteiger partial charge in [0, 0.05) is 49.7 Å². The molecular formula is C22H24ClFN4O3. The molecule has 9 heteroatoms. The van der Waals surface area contributed by atoms with Crippen LogP contribution in [0.25, 0.3) is 0 Å². The zero-order valence-electron chi connectivity index (χ0n) is 17.0. The van der Waals surface area contributed by atoms with E-state index in [9.17, 15) is 14.0 Å². The maximum atomic E-state index is 13.4. The van der Waals surface area contributed by atoms with Crippen molar-refractivity contribution in [2.24, 2.45) is 0 Å². The Morgan fingerprint density at radius 2 is 2.00 bits per heavy atom. The maximum absolute atomic E-state index is 13.4. The van der Waals surface area contributed by atoms with Crippen molar-refractivity contribution < 1.29 is 18.7 Å². The molecule has 3 rings (SSSR count). The molecule has 1 aliphatic heterocycles. The van der Waals surface area contributed by atoms with Gasteiger partial charge in [-0.05, 0) is 37.1 Å². The molecule has 0 aliphatic carbocycles. The van der Waals surface area contributed by atoms with Gasteiger partial charge in [-0.1, -0.05) is 18.2 Å². The zero-order valence-corrected chi connectivity index (χ0v) is 17.8. The van der Waals surface area contributed by atoms with Crippen LogP contribution in [-0.4, -0.2) is 43.0 Å². The highest BCUT2D eigenvalue weighted by Crippen LogP contribution is 2.21. The van der Waals surface area contributed by atoms with Crippen molar-refractivity contribution in [3.63, 3.8) is 0 Å². The van der Waals surface area contributed by atoms with E-state index < -0.39 is 5.82 Å². The predicted molar refractivity (Wildman–Crippen MR) is 117 cm³/mol. The molecule has 1 fully saturated rings. The molecule has 0 spiro atoms. The Labute approximate surface area is 185 Å². The van der Waals surface area contributed by atoms with Gasteiger partial charge in [0.05, 0.1) is 5.02 Å². The summed E-state index contributed by atoms with van der Waals surface area (Å²) in [5.74, 6) is -1.13. The van der Waals surface area contributed by atoms with E-state index in [0.29, 0.717) is 17.8 Å². The largest absolute Gasteiger partial charge is 0.484 e. The lowest BCUT2D eigenvalue weighted by molar-refractivity contribution is -0.123. The summed E-state index contributed by atoms with van der Waals surface area (Å²) in [6.45, 7) is 5.77. The number of nitrogens with one attached hydrogen (secondary N) is 2. The molecule has 2 amide bonds. The van der Waals surface area contributed by atoms with Crippen LogP contribution in [0.5, 0.6) is 5.75 Å². The first-order valence-electron chi connectivity index (χ1n) is 9.97. The molecule has 2 heterocycles. The SMILES string of the molecule is C=C(CCNC(=O)COc1ccc(Cl)c(F)c1)NC(=O)c1cc(N2CCCC2)ccn1. The average Bonchev–Trinajstić information content (AvgIpc) is 3.29. The minimum atomic E-state index is -0.618. The van der Waals surface area contributed by atoms with Crippen LogP contribution in [0.1, 0.15) is 29.8 Å². The third-order valence-corrected chi connectivity index (χ3v) is 5.05. The third-order valence-electron chi connectivity index (χ3n) is 4.75. The van der Waals surface area contributed by atoms with Crippen LogP contribution in [0.4, 0.5) is 10.1 Å². The van der Waals surface area contributed by atoms with Crippen molar-refractivity contribution in [1.29, 1.82) is 0 Å². The van der Waals surface area contributed by atoms with Gasteiger partial charge in [0.2, 0.25) is 0 Å². The molecule has 0 radical (unpaired) electrons. The molecule has 31 heavy (non-hydrogen) atoms. The van der Waals surface area contributed by atoms with Crippen molar-refractivity contribution in [2.45, 2.75) is 19.3 Å². The second kappa shape index (κ2) is 10.8. The number of halogens is 2. The highest BCUT2D eigenvalue weighted by atomic mass is 35.5. The quantitative estimate of drug-likeness (QED) is 0.617. The molecule has 1 aromatic heterocycles. The first kappa shape index (κ1) is 22.6. The number of rotatable bonds is 9. The van der Waals surface area contributed by atoms with Crippen molar-refractivity contribution in [3.8, 4) is 5.75 Å². The molecule has 0 saturated carbocycles. The van der Waals surface area contributed by atoms with E-state index in [4.69, 9.17) is 16.3 Å². The number of benzene rings is 1. The van der Waals surface area contributed by atoms with Crippen LogP contribution in [-0.2, 0) is 4.79 Å². The van der Waals surface area contributed by atoms with Crippen LogP contribution in [0.15, 0.2) is 48.8 Å². The number of anilines is 1. The van der Waals surface area contributed by atoms with Gasteiger partial charge in [0.25, 0.3) is 11.8 Å². The van der Waals surface area contributed by atoms with Crippen molar-refractivity contribution in [2.75, 3.05) is 31.1 Å². The van der Waals surface area contributed by atoms with E-state index in [1.807, 2.05) is 6.07 Å². The molecule has 2 aromatic rings. The Balaban J connectivity index is 1.38. The average molecular weight is 447 g/mol. The van der Waals surface area contributed by atoms with E-state index >= 15 is 0 Å². The first-order valence-corrected chi connectivity index (χ1v) is 10.3. The van der Waals surface area contributed by atoms with E-state index in [2.05, 4.69) is 27.1 Å². The molecule has 0 atom stereocenters. The van der Waals surface area contributed by atoms with Crippen LogP contribution in [0.3, 0.4) is 0 Å². The lowest BCUT2D eigenvalue weighted by Gasteiger charge is -2.18. The summed E-state index contributed by atoms with van der Waals surface area (Å²) < 4.78 is 18.6. The minimum Gasteiger partial charge on any atom is -0.484 e. The number of hydrogen-bond donors (Lipinski definition) is 2. The van der Waals surface area contributed by atoms with Gasteiger partial charge in [-0.25, -0.2) is 4.39 Å². The van der Waals surface area contributed by atoms with Crippen molar-refractivity contribution in [3.05, 3.63) is 65.3 Å². The Hall–Kier alpha value is -3.13. The van der Waals surface area contributed by atoms with Crippen LogP contribution >= 0.6 is 11.6 Å². The van der Waals surface area contributed by atoms with Crippen LogP contribution in [0.2, 0.25) is 5.02 Å². The second-order valence-electron chi connectivity index (χ2n) is 7.12. The molecule has 1 aliphatic rings. The standard InChI is InChI=1S/C22H24ClFN4O3/c1-15(6-8-26-21(29)14-31-17-4-5-18(23)19(24)13-17)27-22(30)20-12-16(7-9-25-20)28-10-2-3-11-28/h4-5,7,9,12-13H,1-3,6,8,10-11,14H2,(H,26,29)(H,27,30). The Bertz CT molecular complexity index is 964. The Kier molecular flexibility index (Phi) is 7.83. The lowest BCUT2D eigenvalue weighted by atomic mass is 10.2. The number of carbonyl (C=O) groups is 2. The number of hydrogen-bond acceptors (Lipinski definition) is 5. The summed E-state index contributed by atoms with van der Waals surface area (Å²) in [5, 5.41) is 5.34. The minimum absolute atomic E-state index is 0.0182. The van der Waals surface area contributed by atoms with Crippen LogP contribution in [0, 0.1) is 5.82 Å². The topological polar surface area (TPSA) is 83.6 Å². The smallest absolute Gasteiger partial charge is 0.274 e. The van der Waals surface area contributed by atoms with Gasteiger partial charge < -0.3 is 20.3 Å². The van der Waals surface area contributed by atoms with Crippen molar-refractivity contribution >= 4 is 29.1 Å². The summed E-state index contributed by atoms with van der Waals surface area (Å²) in [6, 6.07) is 7.61. The molecule has 164 valence electrons. The van der Waals surface area contributed by atoms with E-state index in [1.54, 1.807) is 12.3 Å². The highest BCUT2D eigenvalue weighted by Gasteiger charge is 2.15. The van der Waals surface area contributed by atoms with Gasteiger partial charge >= 0.3 is 0 Å². The zero-order chi connectivity index (χ0) is 22.2. The monoisotopic (exact) mass is 446 g/mol. The van der Waals surface area contributed by atoms with E-state index in [1.165, 1.54) is 12.1 Å². The van der Waals surface area contributed by atoms with Gasteiger partial charge in [-0.3, -0.25) is 14.6 Å². The normalized spacial score (nSPS) is 13.0. The molecule has 0 bridgehead atoms. The fourth-order valence-corrected chi connectivity index (χ4v) is 3.24. The molecule has 1 aromatic carbocycles. The van der Waals surface area contributed by atoms with Gasteiger partial charge in [-0.15, -0.1) is 0 Å². The second-order valence-corrected chi connectivity index (χ2v) is 7.52.